The lowest BCUT2D eigenvalue weighted by molar-refractivity contribution is -0.126. The lowest BCUT2D eigenvalue weighted by Gasteiger charge is -2.31. The SMILES string of the molecule is CC1CCC(C)N1C(C)C(=O)NCCC(O)c1ccccc1. The van der Waals surface area contributed by atoms with Crippen LogP contribution < -0.4 is 5.32 Å². The van der Waals surface area contributed by atoms with E-state index in [9.17, 15) is 9.90 Å². The van der Waals surface area contributed by atoms with Crippen LogP contribution in [0.15, 0.2) is 30.3 Å². The van der Waals surface area contributed by atoms with E-state index in [1.807, 2.05) is 37.3 Å². The van der Waals surface area contributed by atoms with Crippen molar-refractivity contribution in [2.75, 3.05) is 6.54 Å². The third-order valence-corrected chi connectivity index (χ3v) is 4.75. The zero-order valence-electron chi connectivity index (χ0n) is 13.8. The van der Waals surface area contributed by atoms with Crippen LogP contribution in [0.3, 0.4) is 0 Å². The Balaban J connectivity index is 1.78. The summed E-state index contributed by atoms with van der Waals surface area (Å²) < 4.78 is 0. The molecule has 122 valence electrons. The average molecular weight is 304 g/mol. The van der Waals surface area contributed by atoms with Gasteiger partial charge < -0.3 is 10.4 Å². The number of rotatable bonds is 6. The first-order valence-electron chi connectivity index (χ1n) is 8.29. The number of hydrogen-bond donors (Lipinski definition) is 2. The van der Waals surface area contributed by atoms with Crippen molar-refractivity contribution in [1.82, 2.24) is 10.2 Å². The van der Waals surface area contributed by atoms with Gasteiger partial charge in [0, 0.05) is 18.6 Å². The number of aliphatic hydroxyl groups is 1. The van der Waals surface area contributed by atoms with Crippen molar-refractivity contribution >= 4 is 5.91 Å². The number of carbonyl (C=O) groups is 1. The molecule has 1 aliphatic rings. The molecule has 0 aliphatic carbocycles. The van der Waals surface area contributed by atoms with Gasteiger partial charge in [-0.05, 0) is 45.6 Å². The molecule has 1 aliphatic heterocycles. The molecular formula is C18H28N2O2. The van der Waals surface area contributed by atoms with Crippen LogP contribution in [0.5, 0.6) is 0 Å². The van der Waals surface area contributed by atoms with E-state index < -0.39 is 6.10 Å². The van der Waals surface area contributed by atoms with Crippen LogP contribution in [-0.4, -0.2) is 40.6 Å². The first-order chi connectivity index (χ1) is 10.5. The summed E-state index contributed by atoms with van der Waals surface area (Å²) in [6.45, 7) is 6.84. The standard InChI is InChI=1S/C18H28N2O2/c1-13-9-10-14(2)20(13)15(3)18(22)19-12-11-17(21)16-7-5-4-6-8-16/h4-8,13-15,17,21H,9-12H2,1-3H3,(H,19,22). The van der Waals surface area contributed by atoms with Crippen molar-refractivity contribution < 1.29 is 9.90 Å². The van der Waals surface area contributed by atoms with Crippen molar-refractivity contribution in [2.24, 2.45) is 0 Å². The fourth-order valence-corrected chi connectivity index (χ4v) is 3.44. The van der Waals surface area contributed by atoms with Gasteiger partial charge in [-0.2, -0.15) is 0 Å². The number of benzene rings is 1. The molecule has 1 aromatic carbocycles. The largest absolute Gasteiger partial charge is 0.388 e. The summed E-state index contributed by atoms with van der Waals surface area (Å²) in [6, 6.07) is 10.4. The minimum absolute atomic E-state index is 0.0564. The van der Waals surface area contributed by atoms with E-state index in [1.54, 1.807) is 0 Å². The van der Waals surface area contributed by atoms with Crippen LogP contribution in [0.1, 0.15) is 51.7 Å². The molecule has 2 rings (SSSR count). The van der Waals surface area contributed by atoms with Crippen LogP contribution in [0.4, 0.5) is 0 Å². The summed E-state index contributed by atoms with van der Waals surface area (Å²) in [5, 5.41) is 13.1. The second-order valence-electron chi connectivity index (χ2n) is 6.40. The normalized spacial score (nSPS) is 24.9. The van der Waals surface area contributed by atoms with Crippen LogP contribution in [0.2, 0.25) is 0 Å². The highest BCUT2D eigenvalue weighted by atomic mass is 16.3. The predicted octanol–water partition coefficient (Wildman–Crippen LogP) is 2.49. The maximum absolute atomic E-state index is 12.3. The van der Waals surface area contributed by atoms with Crippen LogP contribution in [0, 0.1) is 0 Å². The summed E-state index contributed by atoms with van der Waals surface area (Å²) in [7, 11) is 0. The van der Waals surface area contributed by atoms with E-state index >= 15 is 0 Å². The highest BCUT2D eigenvalue weighted by molar-refractivity contribution is 5.81. The van der Waals surface area contributed by atoms with Gasteiger partial charge in [-0.3, -0.25) is 9.69 Å². The first-order valence-corrected chi connectivity index (χ1v) is 8.29. The van der Waals surface area contributed by atoms with Crippen LogP contribution in [-0.2, 0) is 4.79 Å². The Hall–Kier alpha value is -1.39. The van der Waals surface area contributed by atoms with E-state index in [0.29, 0.717) is 25.0 Å². The van der Waals surface area contributed by atoms with Gasteiger partial charge >= 0.3 is 0 Å². The average Bonchev–Trinajstić information content (AvgIpc) is 2.86. The Kier molecular flexibility index (Phi) is 5.98. The quantitative estimate of drug-likeness (QED) is 0.849. The summed E-state index contributed by atoms with van der Waals surface area (Å²) in [5.74, 6) is 0.0564. The minimum Gasteiger partial charge on any atom is -0.388 e. The lowest BCUT2D eigenvalue weighted by Crippen LogP contribution is -2.49. The van der Waals surface area contributed by atoms with Gasteiger partial charge in [0.15, 0.2) is 0 Å². The first kappa shape index (κ1) is 17.0. The Morgan fingerprint density at radius 1 is 1.27 bits per heavy atom. The molecule has 0 radical (unpaired) electrons. The van der Waals surface area contributed by atoms with Crippen LogP contribution in [0.25, 0.3) is 0 Å². The summed E-state index contributed by atoms with van der Waals surface area (Å²) >= 11 is 0. The molecule has 1 saturated heterocycles. The molecular weight excluding hydrogens is 276 g/mol. The van der Waals surface area contributed by atoms with Gasteiger partial charge in [0.05, 0.1) is 12.1 Å². The second-order valence-corrected chi connectivity index (χ2v) is 6.40. The third-order valence-electron chi connectivity index (χ3n) is 4.75. The van der Waals surface area contributed by atoms with Gasteiger partial charge in [-0.25, -0.2) is 0 Å². The second kappa shape index (κ2) is 7.75. The number of hydrogen-bond acceptors (Lipinski definition) is 3. The van der Waals surface area contributed by atoms with E-state index in [4.69, 9.17) is 0 Å². The number of likely N-dealkylation sites (tertiary alicyclic amines) is 1. The molecule has 0 bridgehead atoms. The van der Waals surface area contributed by atoms with E-state index in [1.165, 1.54) is 0 Å². The molecule has 1 aromatic rings. The van der Waals surface area contributed by atoms with Gasteiger partial charge in [-0.15, -0.1) is 0 Å². The molecule has 4 heteroatoms. The monoisotopic (exact) mass is 304 g/mol. The van der Waals surface area contributed by atoms with Crippen LogP contribution >= 0.6 is 0 Å². The summed E-state index contributed by atoms with van der Waals surface area (Å²) in [4.78, 5) is 14.6. The molecule has 1 fully saturated rings. The lowest BCUT2D eigenvalue weighted by atomic mass is 10.1. The highest BCUT2D eigenvalue weighted by Gasteiger charge is 2.34. The molecule has 22 heavy (non-hydrogen) atoms. The Labute approximate surface area is 133 Å². The van der Waals surface area contributed by atoms with Gasteiger partial charge in [0.2, 0.25) is 5.91 Å². The Morgan fingerprint density at radius 2 is 1.86 bits per heavy atom. The van der Waals surface area contributed by atoms with Gasteiger partial charge in [-0.1, -0.05) is 30.3 Å². The zero-order chi connectivity index (χ0) is 16.1. The van der Waals surface area contributed by atoms with Crippen molar-refractivity contribution in [2.45, 2.75) is 64.3 Å². The number of amides is 1. The molecule has 0 saturated carbocycles. The van der Waals surface area contributed by atoms with Gasteiger partial charge in [0.25, 0.3) is 0 Å². The number of carbonyl (C=O) groups excluding carboxylic acids is 1. The Morgan fingerprint density at radius 3 is 2.45 bits per heavy atom. The molecule has 4 unspecified atom stereocenters. The van der Waals surface area contributed by atoms with E-state index in [0.717, 1.165) is 18.4 Å². The van der Waals surface area contributed by atoms with Crippen molar-refractivity contribution in [3.8, 4) is 0 Å². The molecule has 1 amide bonds. The van der Waals surface area contributed by atoms with Crippen molar-refractivity contribution in [1.29, 1.82) is 0 Å². The molecule has 4 atom stereocenters. The van der Waals surface area contributed by atoms with Crippen molar-refractivity contribution in [3.63, 3.8) is 0 Å². The maximum Gasteiger partial charge on any atom is 0.237 e. The summed E-state index contributed by atoms with van der Waals surface area (Å²) in [6.07, 6.45) is 2.33. The molecule has 0 aromatic heterocycles. The topological polar surface area (TPSA) is 52.6 Å². The third kappa shape index (κ3) is 4.08. The number of aliphatic hydroxyl groups excluding tert-OH is 1. The van der Waals surface area contributed by atoms with Gasteiger partial charge in [0.1, 0.15) is 0 Å². The van der Waals surface area contributed by atoms with E-state index in [-0.39, 0.29) is 11.9 Å². The minimum atomic E-state index is -0.526. The molecule has 2 N–H and O–H groups in total. The zero-order valence-corrected chi connectivity index (χ0v) is 13.8. The number of nitrogens with zero attached hydrogens (tertiary/aromatic N) is 1. The maximum atomic E-state index is 12.3. The predicted molar refractivity (Wildman–Crippen MR) is 88.5 cm³/mol. The smallest absolute Gasteiger partial charge is 0.237 e. The van der Waals surface area contributed by atoms with E-state index in [2.05, 4.69) is 24.1 Å². The Bertz CT molecular complexity index is 467. The number of nitrogens with one attached hydrogen (secondary N) is 1. The summed E-state index contributed by atoms with van der Waals surface area (Å²) in [5.41, 5.74) is 0.895. The van der Waals surface area contributed by atoms with Crippen molar-refractivity contribution in [3.05, 3.63) is 35.9 Å². The molecule has 4 nitrogen and oxygen atoms in total. The highest BCUT2D eigenvalue weighted by Crippen LogP contribution is 2.25. The molecule has 1 heterocycles. The molecule has 0 spiro atoms. The fraction of sp³-hybridized carbons (Fsp3) is 0.611. The fourth-order valence-electron chi connectivity index (χ4n) is 3.44.